The van der Waals surface area contributed by atoms with Crippen LogP contribution < -0.4 is 10.3 Å². The van der Waals surface area contributed by atoms with Gasteiger partial charge in [0.15, 0.2) is 11.2 Å². The van der Waals surface area contributed by atoms with E-state index in [0.29, 0.717) is 11.4 Å². The summed E-state index contributed by atoms with van der Waals surface area (Å²) in [5.41, 5.74) is -1.19. The quantitative estimate of drug-likeness (QED) is 0.791. The summed E-state index contributed by atoms with van der Waals surface area (Å²) in [5, 5.41) is 7.34. The van der Waals surface area contributed by atoms with Gasteiger partial charge in [-0.2, -0.15) is 17.9 Å². The van der Waals surface area contributed by atoms with Crippen molar-refractivity contribution in [2.75, 3.05) is 0 Å². The first kappa shape index (κ1) is 16.0. The molecule has 3 rings (SSSR count). The molecule has 0 aliphatic heterocycles. The van der Waals surface area contributed by atoms with Gasteiger partial charge in [-0.05, 0) is 26.0 Å². The van der Waals surface area contributed by atoms with Gasteiger partial charge in [-0.3, -0.25) is 4.79 Å². The first-order valence-electron chi connectivity index (χ1n) is 6.95. The smallest absolute Gasteiger partial charge is 0.449 e. The van der Waals surface area contributed by atoms with Crippen molar-refractivity contribution in [3.05, 3.63) is 40.4 Å². The molecule has 1 aromatic carbocycles. The number of H-pyrrole nitrogens is 1. The van der Waals surface area contributed by atoms with Crippen molar-refractivity contribution in [2.24, 2.45) is 0 Å². The van der Waals surface area contributed by atoms with Gasteiger partial charge in [0.2, 0.25) is 5.82 Å². The number of aromatic amines is 1. The van der Waals surface area contributed by atoms with Gasteiger partial charge in [-0.1, -0.05) is 11.3 Å². The number of hydrogen-bond acceptors (Lipinski definition) is 5. The van der Waals surface area contributed by atoms with E-state index in [-0.39, 0.29) is 17.3 Å². The normalized spacial score (nSPS) is 12.1. The van der Waals surface area contributed by atoms with E-state index in [2.05, 4.69) is 15.3 Å². The third-order valence-corrected chi connectivity index (χ3v) is 3.01. The number of nitrogens with zero attached hydrogens (tertiary/aromatic N) is 4. The van der Waals surface area contributed by atoms with Crippen LogP contribution in [0.2, 0.25) is 0 Å². The molecule has 3 aromatic rings. The summed E-state index contributed by atoms with van der Waals surface area (Å²) in [7, 11) is 0. The second-order valence-electron chi connectivity index (χ2n) is 5.25. The lowest BCUT2D eigenvalue weighted by molar-refractivity contribution is -0.144. The highest BCUT2D eigenvalue weighted by Gasteiger charge is 2.35. The van der Waals surface area contributed by atoms with Crippen LogP contribution in [-0.4, -0.2) is 31.1 Å². The van der Waals surface area contributed by atoms with Crippen LogP contribution in [0.1, 0.15) is 19.7 Å². The maximum atomic E-state index is 12.8. The third-order valence-electron chi connectivity index (χ3n) is 3.01. The Morgan fingerprint density at radius 1 is 1.29 bits per heavy atom. The summed E-state index contributed by atoms with van der Waals surface area (Å²) in [5.74, 6) is -0.898. The van der Waals surface area contributed by atoms with E-state index in [1.165, 1.54) is 0 Å². The first-order chi connectivity index (χ1) is 11.3. The van der Waals surface area contributed by atoms with Crippen LogP contribution in [0.15, 0.2) is 29.1 Å². The lowest BCUT2D eigenvalue weighted by atomic mass is 10.3. The summed E-state index contributed by atoms with van der Waals surface area (Å²) in [6.45, 7) is 3.68. The maximum Gasteiger partial charge on any atom is 0.449 e. The van der Waals surface area contributed by atoms with Crippen LogP contribution in [0.5, 0.6) is 5.75 Å². The summed E-state index contributed by atoms with van der Waals surface area (Å²) >= 11 is 0. The van der Waals surface area contributed by atoms with E-state index in [0.717, 1.165) is 4.68 Å². The Morgan fingerprint density at radius 3 is 2.71 bits per heavy atom. The van der Waals surface area contributed by atoms with Crippen molar-refractivity contribution in [3.63, 3.8) is 0 Å². The Balaban J connectivity index is 2.17. The number of hydrogen-bond donors (Lipinski definition) is 1. The lowest BCUT2D eigenvalue weighted by Gasteiger charge is -2.11. The molecular weight excluding hydrogens is 327 g/mol. The Hall–Kier alpha value is -2.91. The highest BCUT2D eigenvalue weighted by Crippen LogP contribution is 2.26. The average Bonchev–Trinajstić information content (AvgIpc) is 2.90. The molecule has 0 atom stereocenters. The standard InChI is InChI=1S/C14H12F3N5O2/c1-7(2)24-9-5-3-4-8(6-9)22-11-10(20-21-22)12(23)19-13(18-11)14(15,16)17/h3-7H,1-2H3,(H,18,19,23). The summed E-state index contributed by atoms with van der Waals surface area (Å²) in [4.78, 5) is 16.9. The molecule has 0 bridgehead atoms. The molecule has 0 unspecified atom stereocenters. The molecule has 24 heavy (non-hydrogen) atoms. The fourth-order valence-electron chi connectivity index (χ4n) is 2.09. The van der Waals surface area contributed by atoms with E-state index in [1.54, 1.807) is 29.2 Å². The van der Waals surface area contributed by atoms with Gasteiger partial charge < -0.3 is 9.72 Å². The molecule has 0 saturated heterocycles. The Labute approximate surface area is 133 Å². The SMILES string of the molecule is CC(C)Oc1cccc(-n2nnc3c(=O)[nH]c(C(F)(F)F)nc32)c1. The largest absolute Gasteiger partial charge is 0.491 e. The van der Waals surface area contributed by atoms with Crippen LogP contribution in [-0.2, 0) is 6.18 Å². The molecule has 0 saturated carbocycles. The lowest BCUT2D eigenvalue weighted by Crippen LogP contribution is -2.19. The number of ether oxygens (including phenoxy) is 1. The molecule has 2 aromatic heterocycles. The van der Waals surface area contributed by atoms with Crippen LogP contribution in [0.4, 0.5) is 13.2 Å². The Kier molecular flexibility index (Phi) is 3.74. The zero-order valence-corrected chi connectivity index (χ0v) is 12.6. The minimum absolute atomic E-state index is 0.0782. The van der Waals surface area contributed by atoms with Crippen LogP contribution in [0, 0.1) is 0 Å². The monoisotopic (exact) mass is 339 g/mol. The van der Waals surface area contributed by atoms with Gasteiger partial charge >= 0.3 is 6.18 Å². The van der Waals surface area contributed by atoms with E-state index in [9.17, 15) is 18.0 Å². The van der Waals surface area contributed by atoms with Gasteiger partial charge in [-0.15, -0.1) is 5.10 Å². The van der Waals surface area contributed by atoms with Crippen molar-refractivity contribution in [1.82, 2.24) is 25.0 Å². The summed E-state index contributed by atoms with van der Waals surface area (Å²) < 4.78 is 45.1. The molecule has 0 aliphatic rings. The summed E-state index contributed by atoms with van der Waals surface area (Å²) in [6.07, 6.45) is -4.86. The topological polar surface area (TPSA) is 85.7 Å². The predicted molar refractivity (Wildman–Crippen MR) is 78.0 cm³/mol. The number of benzene rings is 1. The van der Waals surface area contributed by atoms with Gasteiger partial charge in [0.25, 0.3) is 5.56 Å². The van der Waals surface area contributed by atoms with Crippen LogP contribution in [0.25, 0.3) is 16.9 Å². The van der Waals surface area contributed by atoms with Gasteiger partial charge in [0.05, 0.1) is 11.8 Å². The molecule has 0 aliphatic carbocycles. The number of fused-ring (bicyclic) bond motifs is 1. The molecule has 126 valence electrons. The molecule has 0 amide bonds. The van der Waals surface area contributed by atoms with Gasteiger partial charge in [0.1, 0.15) is 5.75 Å². The second-order valence-corrected chi connectivity index (χ2v) is 5.25. The molecule has 2 heterocycles. The van der Waals surface area contributed by atoms with Crippen molar-refractivity contribution < 1.29 is 17.9 Å². The van der Waals surface area contributed by atoms with Gasteiger partial charge in [0, 0.05) is 6.07 Å². The molecular formula is C14H12F3N5O2. The first-order valence-corrected chi connectivity index (χ1v) is 6.95. The minimum Gasteiger partial charge on any atom is -0.491 e. The number of rotatable bonds is 3. The number of aromatic nitrogens is 5. The zero-order chi connectivity index (χ0) is 17.5. The number of nitrogens with one attached hydrogen (secondary N) is 1. The average molecular weight is 339 g/mol. The Bertz CT molecular complexity index is 945. The molecule has 0 spiro atoms. The zero-order valence-electron chi connectivity index (χ0n) is 12.6. The predicted octanol–water partition coefficient (Wildman–Crippen LogP) is 2.31. The minimum atomic E-state index is -4.79. The molecule has 7 nitrogen and oxygen atoms in total. The maximum absolute atomic E-state index is 12.8. The van der Waals surface area contributed by atoms with Crippen molar-refractivity contribution in [3.8, 4) is 11.4 Å². The van der Waals surface area contributed by atoms with E-state index >= 15 is 0 Å². The third kappa shape index (κ3) is 2.94. The van der Waals surface area contributed by atoms with Crippen molar-refractivity contribution >= 4 is 11.2 Å². The second kappa shape index (κ2) is 5.62. The van der Waals surface area contributed by atoms with Gasteiger partial charge in [-0.25, -0.2) is 4.98 Å². The highest BCUT2D eigenvalue weighted by molar-refractivity contribution is 5.70. The Morgan fingerprint density at radius 2 is 2.04 bits per heavy atom. The van der Waals surface area contributed by atoms with Crippen LogP contribution in [0.3, 0.4) is 0 Å². The summed E-state index contributed by atoms with van der Waals surface area (Å²) in [6, 6.07) is 6.52. The molecule has 10 heteroatoms. The fourth-order valence-corrected chi connectivity index (χ4v) is 2.09. The van der Waals surface area contributed by atoms with Crippen molar-refractivity contribution in [1.29, 1.82) is 0 Å². The highest BCUT2D eigenvalue weighted by atomic mass is 19.4. The van der Waals surface area contributed by atoms with E-state index in [4.69, 9.17) is 4.74 Å². The van der Waals surface area contributed by atoms with Crippen molar-refractivity contribution in [2.45, 2.75) is 26.1 Å². The van der Waals surface area contributed by atoms with E-state index < -0.39 is 17.6 Å². The molecule has 0 radical (unpaired) electrons. The number of alkyl halides is 3. The molecule has 1 N–H and O–H groups in total. The molecule has 0 fully saturated rings. The van der Waals surface area contributed by atoms with Crippen LogP contribution >= 0.6 is 0 Å². The van der Waals surface area contributed by atoms with E-state index in [1.807, 2.05) is 13.8 Å². The number of halogens is 3. The fraction of sp³-hybridized carbons (Fsp3) is 0.286.